The molecule has 0 spiro atoms. The lowest BCUT2D eigenvalue weighted by atomic mass is 10.2. The van der Waals surface area contributed by atoms with Crippen molar-refractivity contribution in [2.24, 2.45) is 0 Å². The lowest BCUT2D eigenvalue weighted by Crippen LogP contribution is -2.22. The fourth-order valence-electron chi connectivity index (χ4n) is 2.29. The summed E-state index contributed by atoms with van der Waals surface area (Å²) in [5.41, 5.74) is 1.69. The monoisotopic (exact) mass is 326 g/mol. The van der Waals surface area contributed by atoms with Crippen LogP contribution in [0.3, 0.4) is 0 Å². The fourth-order valence-corrected chi connectivity index (χ4v) is 3.36. The number of hydroxylamine groups is 1. The molecule has 2 N–H and O–H groups in total. The van der Waals surface area contributed by atoms with E-state index in [2.05, 4.69) is 12.1 Å². The van der Waals surface area contributed by atoms with Crippen molar-refractivity contribution in [3.05, 3.63) is 75.5 Å². The highest BCUT2D eigenvalue weighted by Crippen LogP contribution is 2.25. The Morgan fingerprint density at radius 1 is 1.26 bits per heavy atom. The Balaban J connectivity index is 1.90. The normalized spacial score (nSPS) is 11.2. The number of rotatable bonds is 4. The third-order valence-corrected chi connectivity index (χ3v) is 4.48. The van der Waals surface area contributed by atoms with E-state index in [1.54, 1.807) is 34.2 Å². The number of thiophene rings is 1. The summed E-state index contributed by atoms with van der Waals surface area (Å²) in [6.45, 7) is 0.478. The minimum Gasteiger partial charge on any atom is -0.310 e. The van der Waals surface area contributed by atoms with Crippen LogP contribution < -0.4 is 11.0 Å². The fraction of sp³-hybridized carbons (Fsp3) is 0.0588. The molecule has 116 valence electrons. The first-order valence-corrected chi connectivity index (χ1v) is 7.78. The van der Waals surface area contributed by atoms with Crippen molar-refractivity contribution in [1.82, 2.24) is 10.0 Å². The molecule has 0 aliphatic heterocycles. The molecular formula is C17H14N2O3S. The summed E-state index contributed by atoms with van der Waals surface area (Å²) in [7, 11) is 0. The lowest BCUT2D eigenvalue weighted by molar-refractivity contribution is -0.124. The van der Waals surface area contributed by atoms with E-state index in [1.807, 2.05) is 18.2 Å². The number of aromatic nitrogens is 1. The third-order valence-electron chi connectivity index (χ3n) is 3.38. The molecule has 6 heteroatoms. The van der Waals surface area contributed by atoms with Gasteiger partial charge in [0.1, 0.15) is 0 Å². The van der Waals surface area contributed by atoms with Crippen LogP contribution in [0.4, 0.5) is 0 Å². The van der Waals surface area contributed by atoms with E-state index in [-0.39, 0.29) is 5.56 Å². The van der Waals surface area contributed by atoms with Crippen molar-refractivity contribution in [2.45, 2.75) is 6.54 Å². The maximum absolute atomic E-state index is 12.4. The van der Waals surface area contributed by atoms with Gasteiger partial charge in [0.25, 0.3) is 11.5 Å². The number of benzene rings is 1. The average molecular weight is 326 g/mol. The standard InChI is InChI=1S/C17H14N2O3S/c20-16(18-22)8-7-12-5-3-9-19(17(12)21)11-14-10-13-4-1-2-6-15(13)23-14/h1-10,22H,11H2,(H,18,20)/b8-7+. The van der Waals surface area contributed by atoms with Crippen molar-refractivity contribution in [3.8, 4) is 0 Å². The molecule has 0 saturated carbocycles. The molecule has 0 unspecified atom stereocenters. The van der Waals surface area contributed by atoms with Crippen molar-refractivity contribution >= 4 is 33.4 Å². The number of carbonyl (C=O) groups excluding carboxylic acids is 1. The highest BCUT2D eigenvalue weighted by atomic mass is 32.1. The van der Waals surface area contributed by atoms with Crippen LogP contribution in [0.1, 0.15) is 10.4 Å². The number of hydrogen-bond donors (Lipinski definition) is 2. The van der Waals surface area contributed by atoms with Gasteiger partial charge >= 0.3 is 0 Å². The number of hydrogen-bond acceptors (Lipinski definition) is 4. The largest absolute Gasteiger partial charge is 0.310 e. The maximum atomic E-state index is 12.4. The van der Waals surface area contributed by atoms with E-state index < -0.39 is 5.91 Å². The molecule has 0 radical (unpaired) electrons. The van der Waals surface area contributed by atoms with Crippen molar-refractivity contribution < 1.29 is 10.0 Å². The van der Waals surface area contributed by atoms with Gasteiger partial charge in [0.2, 0.25) is 0 Å². The Hall–Kier alpha value is -2.70. The molecular weight excluding hydrogens is 312 g/mol. The van der Waals surface area contributed by atoms with Gasteiger partial charge in [-0.2, -0.15) is 0 Å². The molecule has 0 saturated heterocycles. The van der Waals surface area contributed by atoms with Gasteiger partial charge in [0.05, 0.1) is 6.54 Å². The van der Waals surface area contributed by atoms with Crippen LogP contribution in [-0.2, 0) is 11.3 Å². The Kier molecular flexibility index (Phi) is 4.36. The summed E-state index contributed by atoms with van der Waals surface area (Å²) in [6, 6.07) is 13.5. The second-order valence-electron chi connectivity index (χ2n) is 4.96. The minimum atomic E-state index is -0.677. The summed E-state index contributed by atoms with van der Waals surface area (Å²) in [5, 5.41) is 9.63. The molecule has 2 aromatic heterocycles. The number of pyridine rings is 1. The van der Waals surface area contributed by atoms with E-state index in [0.29, 0.717) is 12.1 Å². The van der Waals surface area contributed by atoms with Gasteiger partial charge < -0.3 is 4.57 Å². The molecule has 1 aromatic carbocycles. The zero-order valence-corrected chi connectivity index (χ0v) is 12.9. The molecule has 5 nitrogen and oxygen atoms in total. The molecule has 3 rings (SSSR count). The zero-order chi connectivity index (χ0) is 16.2. The summed E-state index contributed by atoms with van der Waals surface area (Å²) >= 11 is 1.65. The highest BCUT2D eigenvalue weighted by molar-refractivity contribution is 7.19. The highest BCUT2D eigenvalue weighted by Gasteiger charge is 2.05. The Bertz CT molecular complexity index is 907. The Morgan fingerprint density at radius 2 is 2.09 bits per heavy atom. The van der Waals surface area contributed by atoms with E-state index in [1.165, 1.54) is 16.3 Å². The van der Waals surface area contributed by atoms with Gasteiger partial charge in [-0.1, -0.05) is 18.2 Å². The molecule has 0 aliphatic carbocycles. The lowest BCUT2D eigenvalue weighted by Gasteiger charge is -2.04. The first-order chi connectivity index (χ1) is 11.2. The average Bonchev–Trinajstić information content (AvgIpc) is 2.97. The predicted octanol–water partition coefficient (Wildman–Crippen LogP) is 2.63. The molecule has 0 atom stereocenters. The van der Waals surface area contributed by atoms with Crippen LogP contribution in [-0.4, -0.2) is 15.7 Å². The van der Waals surface area contributed by atoms with Gasteiger partial charge in [-0.15, -0.1) is 11.3 Å². The molecule has 23 heavy (non-hydrogen) atoms. The van der Waals surface area contributed by atoms with Gasteiger partial charge in [0, 0.05) is 27.4 Å². The number of amides is 1. The topological polar surface area (TPSA) is 71.3 Å². The summed E-state index contributed by atoms with van der Waals surface area (Å²) < 4.78 is 2.78. The molecule has 0 fully saturated rings. The van der Waals surface area contributed by atoms with Gasteiger partial charge in [-0.3, -0.25) is 14.8 Å². The summed E-state index contributed by atoms with van der Waals surface area (Å²) in [5.74, 6) is -0.677. The maximum Gasteiger partial charge on any atom is 0.267 e. The SMILES string of the molecule is O=C(/C=C/c1cccn(Cc2cc3ccccc3s2)c1=O)NO. The number of nitrogens with zero attached hydrogens (tertiary/aromatic N) is 1. The zero-order valence-electron chi connectivity index (χ0n) is 12.1. The minimum absolute atomic E-state index is 0.188. The number of nitrogens with one attached hydrogen (secondary N) is 1. The summed E-state index contributed by atoms with van der Waals surface area (Å²) in [6.07, 6.45) is 4.21. The van der Waals surface area contributed by atoms with Gasteiger partial charge in [-0.05, 0) is 35.7 Å². The van der Waals surface area contributed by atoms with Crippen LogP contribution in [0.5, 0.6) is 0 Å². The van der Waals surface area contributed by atoms with Crippen LogP contribution in [0.15, 0.2) is 59.5 Å². The van der Waals surface area contributed by atoms with Crippen molar-refractivity contribution in [3.63, 3.8) is 0 Å². The molecule has 0 bridgehead atoms. The van der Waals surface area contributed by atoms with E-state index in [0.717, 1.165) is 16.3 Å². The number of fused-ring (bicyclic) bond motifs is 1. The predicted molar refractivity (Wildman–Crippen MR) is 90.6 cm³/mol. The molecule has 3 aromatic rings. The third kappa shape index (κ3) is 3.39. The molecule has 0 aliphatic rings. The Morgan fingerprint density at radius 3 is 2.87 bits per heavy atom. The van der Waals surface area contributed by atoms with Crippen LogP contribution in [0, 0.1) is 0 Å². The van der Waals surface area contributed by atoms with Crippen LogP contribution >= 0.6 is 11.3 Å². The van der Waals surface area contributed by atoms with Crippen molar-refractivity contribution in [2.75, 3.05) is 0 Å². The smallest absolute Gasteiger partial charge is 0.267 e. The Labute approximate surface area is 136 Å². The van der Waals surface area contributed by atoms with Crippen LogP contribution in [0.2, 0.25) is 0 Å². The summed E-state index contributed by atoms with van der Waals surface area (Å²) in [4.78, 5) is 24.5. The molecule has 1 amide bonds. The second-order valence-corrected chi connectivity index (χ2v) is 6.12. The number of carbonyl (C=O) groups is 1. The van der Waals surface area contributed by atoms with Crippen molar-refractivity contribution in [1.29, 1.82) is 0 Å². The van der Waals surface area contributed by atoms with Crippen LogP contribution in [0.25, 0.3) is 16.2 Å². The quantitative estimate of drug-likeness (QED) is 0.440. The molecule has 2 heterocycles. The first-order valence-electron chi connectivity index (χ1n) is 6.96. The van der Waals surface area contributed by atoms with E-state index >= 15 is 0 Å². The van der Waals surface area contributed by atoms with Gasteiger partial charge in [-0.25, -0.2) is 5.48 Å². The van der Waals surface area contributed by atoms with Gasteiger partial charge in [0.15, 0.2) is 0 Å². The van der Waals surface area contributed by atoms with E-state index in [4.69, 9.17) is 5.21 Å². The first kappa shape index (κ1) is 15.2. The second kappa shape index (κ2) is 6.60. The van der Waals surface area contributed by atoms with E-state index in [9.17, 15) is 9.59 Å².